The first-order chi connectivity index (χ1) is 7.09. The van der Waals surface area contributed by atoms with E-state index >= 15 is 0 Å². The number of hydrogen-bond acceptors (Lipinski definition) is 1. The molecule has 1 rings (SSSR count). The summed E-state index contributed by atoms with van der Waals surface area (Å²) in [5.74, 6) is -0.186. The minimum atomic E-state index is -0.186. The Bertz CT molecular complexity index is 294. The van der Waals surface area contributed by atoms with Crippen LogP contribution in [0.4, 0.5) is 10.1 Å². The Morgan fingerprint density at radius 1 is 1.20 bits per heavy atom. The summed E-state index contributed by atoms with van der Waals surface area (Å²) in [5, 5.41) is 3.47. The monoisotopic (exact) mass is 209 g/mol. The summed E-state index contributed by atoms with van der Waals surface area (Å²) in [4.78, 5) is 0. The Morgan fingerprint density at radius 3 is 2.27 bits per heavy atom. The lowest BCUT2D eigenvalue weighted by Gasteiger charge is -2.30. The van der Waals surface area contributed by atoms with E-state index in [-0.39, 0.29) is 11.4 Å². The maximum atomic E-state index is 12.7. The van der Waals surface area contributed by atoms with Crippen LogP contribution in [0.2, 0.25) is 0 Å². The second kappa shape index (κ2) is 5.15. The lowest BCUT2D eigenvalue weighted by atomic mass is 9.93. The zero-order valence-electron chi connectivity index (χ0n) is 9.81. The van der Waals surface area contributed by atoms with Gasteiger partial charge in [-0.25, -0.2) is 4.39 Å². The molecule has 0 saturated heterocycles. The average Bonchev–Trinajstić information content (AvgIpc) is 2.22. The van der Waals surface area contributed by atoms with Crippen LogP contribution in [-0.2, 0) is 0 Å². The third kappa shape index (κ3) is 3.54. The second-order valence-electron chi connectivity index (χ2n) is 4.30. The van der Waals surface area contributed by atoms with Crippen molar-refractivity contribution in [2.45, 2.75) is 45.6 Å². The van der Waals surface area contributed by atoms with E-state index in [0.717, 1.165) is 24.9 Å². The summed E-state index contributed by atoms with van der Waals surface area (Å²) in [7, 11) is 0. The fraction of sp³-hybridized carbons (Fsp3) is 0.538. The van der Waals surface area contributed by atoms with Gasteiger partial charge in [-0.2, -0.15) is 0 Å². The molecule has 0 saturated carbocycles. The van der Waals surface area contributed by atoms with Crippen molar-refractivity contribution in [1.82, 2.24) is 0 Å². The van der Waals surface area contributed by atoms with Crippen LogP contribution in [0.25, 0.3) is 0 Å². The maximum Gasteiger partial charge on any atom is 0.123 e. The van der Waals surface area contributed by atoms with Crippen molar-refractivity contribution in [1.29, 1.82) is 0 Å². The third-order valence-corrected chi connectivity index (χ3v) is 2.87. The van der Waals surface area contributed by atoms with E-state index < -0.39 is 0 Å². The van der Waals surface area contributed by atoms with Crippen LogP contribution >= 0.6 is 0 Å². The van der Waals surface area contributed by atoms with Gasteiger partial charge in [0.2, 0.25) is 0 Å². The molecule has 0 aromatic heterocycles. The zero-order chi connectivity index (χ0) is 11.3. The standard InChI is InChI=1S/C13H20FN/c1-4-10-13(3,5-2)15-12-8-6-11(14)7-9-12/h6-9,15H,4-5,10H2,1-3H3. The molecule has 0 amide bonds. The summed E-state index contributed by atoms with van der Waals surface area (Å²) >= 11 is 0. The van der Waals surface area contributed by atoms with Gasteiger partial charge in [0.25, 0.3) is 0 Å². The first-order valence-electron chi connectivity index (χ1n) is 5.63. The molecule has 0 heterocycles. The van der Waals surface area contributed by atoms with Crippen LogP contribution in [0.1, 0.15) is 40.0 Å². The molecular formula is C13H20FN. The van der Waals surface area contributed by atoms with Gasteiger partial charge in [-0.3, -0.25) is 0 Å². The summed E-state index contributed by atoms with van der Waals surface area (Å²) in [6, 6.07) is 6.56. The van der Waals surface area contributed by atoms with E-state index in [2.05, 4.69) is 26.1 Å². The highest BCUT2D eigenvalue weighted by atomic mass is 19.1. The van der Waals surface area contributed by atoms with Crippen molar-refractivity contribution in [3.8, 4) is 0 Å². The molecule has 0 fully saturated rings. The lowest BCUT2D eigenvalue weighted by Crippen LogP contribution is -2.33. The second-order valence-corrected chi connectivity index (χ2v) is 4.30. The van der Waals surface area contributed by atoms with Gasteiger partial charge in [0.15, 0.2) is 0 Å². The molecule has 1 N–H and O–H groups in total. The van der Waals surface area contributed by atoms with Crippen LogP contribution in [0, 0.1) is 5.82 Å². The fourth-order valence-electron chi connectivity index (χ4n) is 1.76. The van der Waals surface area contributed by atoms with Crippen molar-refractivity contribution < 1.29 is 4.39 Å². The van der Waals surface area contributed by atoms with Crippen molar-refractivity contribution in [2.75, 3.05) is 5.32 Å². The summed E-state index contributed by atoms with van der Waals surface area (Å²) in [6.07, 6.45) is 3.34. The van der Waals surface area contributed by atoms with Gasteiger partial charge in [0.1, 0.15) is 5.82 Å². The number of anilines is 1. The van der Waals surface area contributed by atoms with Gasteiger partial charge in [-0.05, 0) is 44.0 Å². The molecule has 1 unspecified atom stereocenters. The Labute approximate surface area is 91.7 Å². The Hall–Kier alpha value is -1.05. The first-order valence-corrected chi connectivity index (χ1v) is 5.63. The smallest absolute Gasteiger partial charge is 0.123 e. The third-order valence-electron chi connectivity index (χ3n) is 2.87. The number of nitrogens with one attached hydrogen (secondary N) is 1. The molecule has 0 aliphatic rings. The van der Waals surface area contributed by atoms with Crippen LogP contribution in [0.3, 0.4) is 0 Å². The maximum absolute atomic E-state index is 12.7. The SMILES string of the molecule is CCCC(C)(CC)Nc1ccc(F)cc1. The number of hydrogen-bond donors (Lipinski definition) is 1. The molecule has 84 valence electrons. The van der Waals surface area contributed by atoms with Gasteiger partial charge in [0, 0.05) is 11.2 Å². The fourth-order valence-corrected chi connectivity index (χ4v) is 1.76. The number of rotatable bonds is 5. The van der Waals surface area contributed by atoms with Gasteiger partial charge in [-0.15, -0.1) is 0 Å². The predicted molar refractivity (Wildman–Crippen MR) is 63.6 cm³/mol. The number of benzene rings is 1. The summed E-state index contributed by atoms with van der Waals surface area (Å²) < 4.78 is 12.7. The van der Waals surface area contributed by atoms with Crippen molar-refractivity contribution >= 4 is 5.69 Å². The molecule has 1 nitrogen and oxygen atoms in total. The van der Waals surface area contributed by atoms with Crippen molar-refractivity contribution in [2.24, 2.45) is 0 Å². The minimum absolute atomic E-state index is 0.118. The van der Waals surface area contributed by atoms with E-state index in [9.17, 15) is 4.39 Å². The van der Waals surface area contributed by atoms with E-state index in [1.807, 2.05) is 0 Å². The molecule has 0 aliphatic carbocycles. The molecule has 1 aromatic carbocycles. The van der Waals surface area contributed by atoms with Crippen molar-refractivity contribution in [3.63, 3.8) is 0 Å². The first kappa shape index (κ1) is 12.0. The van der Waals surface area contributed by atoms with Crippen LogP contribution in [0.5, 0.6) is 0 Å². The van der Waals surface area contributed by atoms with E-state index in [1.54, 1.807) is 12.1 Å². The molecule has 0 spiro atoms. The molecule has 1 aromatic rings. The topological polar surface area (TPSA) is 12.0 Å². The van der Waals surface area contributed by atoms with Gasteiger partial charge >= 0.3 is 0 Å². The highest BCUT2D eigenvalue weighted by molar-refractivity contribution is 5.45. The van der Waals surface area contributed by atoms with Gasteiger partial charge < -0.3 is 5.32 Å². The van der Waals surface area contributed by atoms with Crippen molar-refractivity contribution in [3.05, 3.63) is 30.1 Å². The Balaban J connectivity index is 2.70. The number of halogens is 1. The summed E-state index contributed by atoms with van der Waals surface area (Å²) in [6.45, 7) is 6.56. The normalized spacial score (nSPS) is 14.7. The predicted octanol–water partition coefficient (Wildman–Crippen LogP) is 4.21. The molecule has 2 heteroatoms. The summed E-state index contributed by atoms with van der Waals surface area (Å²) in [5.41, 5.74) is 1.11. The average molecular weight is 209 g/mol. The van der Waals surface area contributed by atoms with Crippen LogP contribution in [0.15, 0.2) is 24.3 Å². The highest BCUT2D eigenvalue weighted by Crippen LogP contribution is 2.23. The molecule has 15 heavy (non-hydrogen) atoms. The highest BCUT2D eigenvalue weighted by Gasteiger charge is 2.19. The molecule has 0 bridgehead atoms. The van der Waals surface area contributed by atoms with Crippen LogP contribution in [-0.4, -0.2) is 5.54 Å². The lowest BCUT2D eigenvalue weighted by molar-refractivity contribution is 0.451. The zero-order valence-corrected chi connectivity index (χ0v) is 9.81. The molecular weight excluding hydrogens is 189 g/mol. The van der Waals surface area contributed by atoms with Gasteiger partial charge in [0.05, 0.1) is 0 Å². The quantitative estimate of drug-likeness (QED) is 0.766. The van der Waals surface area contributed by atoms with Gasteiger partial charge in [-0.1, -0.05) is 20.3 Å². The Morgan fingerprint density at radius 2 is 1.80 bits per heavy atom. The molecule has 0 radical (unpaired) electrons. The largest absolute Gasteiger partial charge is 0.380 e. The molecule has 0 aliphatic heterocycles. The van der Waals surface area contributed by atoms with E-state index in [0.29, 0.717) is 0 Å². The van der Waals surface area contributed by atoms with E-state index in [1.165, 1.54) is 12.1 Å². The molecule has 1 atom stereocenters. The van der Waals surface area contributed by atoms with E-state index in [4.69, 9.17) is 0 Å². The van der Waals surface area contributed by atoms with Crippen LogP contribution < -0.4 is 5.32 Å². The Kier molecular flexibility index (Phi) is 4.13. The minimum Gasteiger partial charge on any atom is -0.380 e.